The maximum absolute atomic E-state index is 11.6. The van der Waals surface area contributed by atoms with Gasteiger partial charge in [0, 0.05) is 57.7 Å². The number of nitrogens with one attached hydrogen (secondary N) is 2. The Labute approximate surface area is 190 Å². The molecule has 1 aromatic carbocycles. The van der Waals surface area contributed by atoms with Crippen molar-refractivity contribution in [2.75, 3.05) is 34.3 Å². The molecule has 1 fully saturated rings. The summed E-state index contributed by atoms with van der Waals surface area (Å²) in [5.74, 6) is 3.29. The van der Waals surface area contributed by atoms with Crippen LogP contribution in [-0.4, -0.2) is 57.2 Å². The smallest absolute Gasteiger partial charge is 0.220 e. The molecule has 1 aromatic rings. The minimum absolute atomic E-state index is 0. The lowest BCUT2D eigenvalue weighted by Crippen LogP contribution is -2.45. The first-order valence-corrected chi connectivity index (χ1v) is 10.1. The van der Waals surface area contributed by atoms with Crippen LogP contribution in [0.1, 0.15) is 37.3 Å². The van der Waals surface area contributed by atoms with Crippen LogP contribution in [0.4, 0.5) is 0 Å². The van der Waals surface area contributed by atoms with Gasteiger partial charge in [-0.3, -0.25) is 9.79 Å². The number of fused-ring (bicyclic) bond motifs is 1. The van der Waals surface area contributed by atoms with Crippen molar-refractivity contribution in [3.63, 3.8) is 0 Å². The number of carbonyl (C=O) groups excluding carboxylic acids is 1. The van der Waals surface area contributed by atoms with Gasteiger partial charge in [-0.25, -0.2) is 0 Å². The summed E-state index contributed by atoms with van der Waals surface area (Å²) < 4.78 is 11.5. The molecule has 2 heterocycles. The van der Waals surface area contributed by atoms with E-state index >= 15 is 0 Å². The molecule has 8 heteroatoms. The third-order valence-corrected chi connectivity index (χ3v) is 5.61. The Morgan fingerprint density at radius 2 is 2.07 bits per heavy atom. The van der Waals surface area contributed by atoms with E-state index in [-0.39, 0.29) is 36.0 Å². The molecule has 1 unspecified atom stereocenters. The van der Waals surface area contributed by atoms with Gasteiger partial charge in [0.25, 0.3) is 0 Å². The van der Waals surface area contributed by atoms with Gasteiger partial charge in [0.05, 0.1) is 7.11 Å². The number of likely N-dealkylation sites (tertiary alicyclic amines) is 1. The standard InChI is InChI=1S/C21H32N4O3.HI/c1-14-9-16-11-18(27-4)17(12-19(16)28-14)13-24-21(23-3)25-7-5-15(6-8-25)10-20(26)22-2;/h11-12,14-15H,5-10,13H2,1-4H3,(H,22,26)(H,23,24);1H. The predicted octanol–water partition coefficient (Wildman–Crippen LogP) is 2.56. The van der Waals surface area contributed by atoms with E-state index in [0.29, 0.717) is 18.9 Å². The first kappa shape index (κ1) is 23.6. The SMILES string of the molecule is CN=C(NCc1cc2c(cc1OC)CC(C)O2)N1CCC(CC(=O)NC)CC1.I. The summed E-state index contributed by atoms with van der Waals surface area (Å²) in [7, 11) is 5.21. The van der Waals surface area contributed by atoms with Gasteiger partial charge < -0.3 is 25.0 Å². The van der Waals surface area contributed by atoms with Crippen molar-refractivity contribution in [3.8, 4) is 11.5 Å². The average molecular weight is 516 g/mol. The van der Waals surface area contributed by atoms with Gasteiger partial charge in [-0.15, -0.1) is 24.0 Å². The monoisotopic (exact) mass is 516 g/mol. The summed E-state index contributed by atoms with van der Waals surface area (Å²) in [5.41, 5.74) is 2.27. The Balaban J connectivity index is 0.00000300. The number of nitrogens with zero attached hydrogens (tertiary/aromatic N) is 2. The van der Waals surface area contributed by atoms with Crippen molar-refractivity contribution in [1.29, 1.82) is 0 Å². The van der Waals surface area contributed by atoms with Gasteiger partial charge in [0.1, 0.15) is 17.6 Å². The van der Waals surface area contributed by atoms with Crippen molar-refractivity contribution in [2.24, 2.45) is 10.9 Å². The van der Waals surface area contributed by atoms with Crippen LogP contribution in [0.15, 0.2) is 17.1 Å². The number of aliphatic imine (C=N–C) groups is 1. The van der Waals surface area contributed by atoms with E-state index in [1.54, 1.807) is 14.2 Å². The van der Waals surface area contributed by atoms with Crippen LogP contribution in [0.25, 0.3) is 0 Å². The van der Waals surface area contributed by atoms with Gasteiger partial charge in [0.15, 0.2) is 5.96 Å². The molecule has 162 valence electrons. The van der Waals surface area contributed by atoms with Crippen LogP contribution in [0.3, 0.4) is 0 Å². The highest BCUT2D eigenvalue weighted by molar-refractivity contribution is 14.0. The highest BCUT2D eigenvalue weighted by Crippen LogP contribution is 2.35. The summed E-state index contributed by atoms with van der Waals surface area (Å²) >= 11 is 0. The second-order valence-electron chi connectivity index (χ2n) is 7.61. The van der Waals surface area contributed by atoms with Crippen LogP contribution in [0.2, 0.25) is 0 Å². The highest BCUT2D eigenvalue weighted by atomic mass is 127. The maximum Gasteiger partial charge on any atom is 0.220 e. The molecule has 7 nitrogen and oxygen atoms in total. The summed E-state index contributed by atoms with van der Waals surface area (Å²) in [4.78, 5) is 18.3. The number of benzene rings is 1. The molecule has 0 bridgehead atoms. The molecular weight excluding hydrogens is 483 g/mol. The molecule has 29 heavy (non-hydrogen) atoms. The predicted molar refractivity (Wildman–Crippen MR) is 125 cm³/mol. The molecule has 0 saturated carbocycles. The number of hydrogen-bond acceptors (Lipinski definition) is 4. The number of hydrogen-bond donors (Lipinski definition) is 2. The minimum atomic E-state index is 0. The van der Waals surface area contributed by atoms with Crippen molar-refractivity contribution in [1.82, 2.24) is 15.5 Å². The van der Waals surface area contributed by atoms with Gasteiger partial charge in [-0.2, -0.15) is 0 Å². The van der Waals surface area contributed by atoms with Gasteiger partial charge in [0.2, 0.25) is 5.91 Å². The molecule has 2 aliphatic rings. The number of halogens is 1. The fourth-order valence-electron chi connectivity index (χ4n) is 4.03. The molecule has 1 amide bonds. The number of methoxy groups -OCH3 is 1. The van der Waals surface area contributed by atoms with Crippen LogP contribution < -0.4 is 20.1 Å². The van der Waals surface area contributed by atoms with Gasteiger partial charge in [-0.1, -0.05) is 0 Å². The van der Waals surface area contributed by atoms with Gasteiger partial charge >= 0.3 is 0 Å². The van der Waals surface area contributed by atoms with Crippen molar-refractivity contribution in [3.05, 3.63) is 23.3 Å². The lowest BCUT2D eigenvalue weighted by molar-refractivity contribution is -0.121. The summed E-state index contributed by atoms with van der Waals surface area (Å²) in [6, 6.07) is 4.16. The summed E-state index contributed by atoms with van der Waals surface area (Å²) in [5, 5.41) is 6.18. The van der Waals surface area contributed by atoms with E-state index in [2.05, 4.69) is 39.6 Å². The third-order valence-electron chi connectivity index (χ3n) is 5.61. The van der Waals surface area contributed by atoms with Crippen molar-refractivity contribution < 1.29 is 14.3 Å². The topological polar surface area (TPSA) is 75.2 Å². The van der Waals surface area contributed by atoms with E-state index in [1.165, 1.54) is 5.56 Å². The third kappa shape index (κ3) is 5.90. The minimum Gasteiger partial charge on any atom is -0.496 e. The molecule has 2 aliphatic heterocycles. The zero-order chi connectivity index (χ0) is 20.1. The fraction of sp³-hybridized carbons (Fsp3) is 0.619. The Morgan fingerprint density at radius 1 is 1.34 bits per heavy atom. The van der Waals surface area contributed by atoms with Crippen molar-refractivity contribution in [2.45, 2.75) is 45.3 Å². The molecule has 0 aromatic heterocycles. The summed E-state index contributed by atoms with van der Waals surface area (Å²) in [6.07, 6.45) is 3.75. The molecule has 0 spiro atoms. The second kappa shape index (κ2) is 10.9. The Kier molecular flexibility index (Phi) is 8.85. The number of guanidine groups is 1. The molecule has 2 N–H and O–H groups in total. The lowest BCUT2D eigenvalue weighted by Gasteiger charge is -2.34. The molecule has 1 saturated heterocycles. The molecule has 3 rings (SSSR count). The van der Waals surface area contributed by atoms with Crippen LogP contribution >= 0.6 is 24.0 Å². The first-order chi connectivity index (χ1) is 13.5. The highest BCUT2D eigenvalue weighted by Gasteiger charge is 2.24. The van der Waals surface area contributed by atoms with E-state index < -0.39 is 0 Å². The summed E-state index contributed by atoms with van der Waals surface area (Å²) in [6.45, 7) is 4.52. The largest absolute Gasteiger partial charge is 0.496 e. The van der Waals surface area contributed by atoms with E-state index in [1.807, 2.05) is 7.05 Å². The molecular formula is C21H33IN4O3. The maximum atomic E-state index is 11.6. The Morgan fingerprint density at radius 3 is 2.69 bits per heavy atom. The van der Waals surface area contributed by atoms with E-state index in [9.17, 15) is 4.79 Å². The zero-order valence-electron chi connectivity index (χ0n) is 17.8. The number of rotatable bonds is 5. The molecule has 0 aliphatic carbocycles. The number of ether oxygens (including phenoxy) is 2. The van der Waals surface area contributed by atoms with Crippen LogP contribution in [0, 0.1) is 5.92 Å². The van der Waals surface area contributed by atoms with E-state index in [0.717, 1.165) is 55.4 Å². The molecule has 1 atom stereocenters. The van der Waals surface area contributed by atoms with Crippen molar-refractivity contribution >= 4 is 35.8 Å². The second-order valence-corrected chi connectivity index (χ2v) is 7.61. The Hall–Kier alpha value is -1.71. The average Bonchev–Trinajstić information content (AvgIpc) is 3.07. The number of carbonyl (C=O) groups is 1. The number of piperidine rings is 1. The quantitative estimate of drug-likeness (QED) is 0.358. The molecule has 0 radical (unpaired) electrons. The fourth-order valence-corrected chi connectivity index (χ4v) is 4.03. The number of amides is 1. The zero-order valence-corrected chi connectivity index (χ0v) is 20.1. The van der Waals surface area contributed by atoms with Crippen LogP contribution in [0.5, 0.6) is 11.5 Å². The lowest BCUT2D eigenvalue weighted by atomic mass is 9.93. The van der Waals surface area contributed by atoms with Gasteiger partial charge in [-0.05, 0) is 37.8 Å². The normalized spacial score (nSPS) is 19.1. The van der Waals surface area contributed by atoms with E-state index in [4.69, 9.17) is 9.47 Å². The Bertz CT molecular complexity index is 733. The first-order valence-electron chi connectivity index (χ1n) is 10.1. The van der Waals surface area contributed by atoms with Crippen LogP contribution in [-0.2, 0) is 17.8 Å².